The molecule has 0 unspecified atom stereocenters. The summed E-state index contributed by atoms with van der Waals surface area (Å²) in [7, 11) is 0. The summed E-state index contributed by atoms with van der Waals surface area (Å²) in [6.07, 6.45) is 0.485. The minimum atomic E-state index is 0.283. The lowest BCUT2D eigenvalue weighted by Gasteiger charge is -1.93. The van der Waals surface area contributed by atoms with E-state index in [-0.39, 0.29) is 6.54 Å². The van der Waals surface area contributed by atoms with Crippen LogP contribution in [0.1, 0.15) is 6.42 Å². The van der Waals surface area contributed by atoms with Crippen LogP contribution >= 0.6 is 0 Å². The van der Waals surface area contributed by atoms with Crippen LogP contribution < -0.4 is 5.32 Å². The lowest BCUT2D eigenvalue weighted by Crippen LogP contribution is -2.18. The van der Waals surface area contributed by atoms with Gasteiger partial charge in [-0.25, -0.2) is 0 Å². The zero-order chi connectivity index (χ0) is 6.95. The fourth-order valence-corrected chi connectivity index (χ4v) is 0.394. The Labute approximate surface area is 53.8 Å². The summed E-state index contributed by atoms with van der Waals surface area (Å²) in [4.78, 5) is 9.48. The highest BCUT2D eigenvalue weighted by Crippen LogP contribution is 1.69. The zero-order valence-corrected chi connectivity index (χ0v) is 5.13. The van der Waals surface area contributed by atoms with E-state index in [9.17, 15) is 4.91 Å². The lowest BCUT2D eigenvalue weighted by atomic mass is 10.4. The predicted molar refractivity (Wildman–Crippen MR) is 33.8 cm³/mol. The maximum absolute atomic E-state index is 9.48. The molecule has 0 bridgehead atoms. The van der Waals surface area contributed by atoms with Crippen molar-refractivity contribution in [1.82, 2.24) is 5.32 Å². The molecule has 0 fully saturated rings. The molecule has 0 rings (SSSR count). The maximum atomic E-state index is 9.48. The van der Waals surface area contributed by atoms with E-state index >= 15 is 0 Å². The van der Waals surface area contributed by atoms with Crippen molar-refractivity contribution in [2.45, 2.75) is 6.42 Å². The molecule has 0 aliphatic carbocycles. The number of nitriles is 1. The van der Waals surface area contributed by atoms with Gasteiger partial charge >= 0.3 is 0 Å². The molecule has 0 aromatic rings. The third kappa shape index (κ3) is 7.05. The van der Waals surface area contributed by atoms with E-state index in [2.05, 4.69) is 10.5 Å². The summed E-state index contributed by atoms with van der Waals surface area (Å²) >= 11 is 0. The van der Waals surface area contributed by atoms with Gasteiger partial charge in [-0.15, -0.1) is 0 Å². The standard InChI is InChI=1S/C5H9N3O/c6-2-1-3-7-4-5-8-9/h7H,1,3-5H2. The van der Waals surface area contributed by atoms with Gasteiger partial charge in [-0.1, -0.05) is 5.18 Å². The van der Waals surface area contributed by atoms with Gasteiger partial charge in [0.1, 0.15) is 0 Å². The Morgan fingerprint density at radius 3 is 2.89 bits per heavy atom. The molecule has 0 radical (unpaired) electrons. The van der Waals surface area contributed by atoms with Crippen molar-refractivity contribution >= 4 is 0 Å². The van der Waals surface area contributed by atoms with Crippen LogP contribution in [0.25, 0.3) is 0 Å². The SMILES string of the molecule is N#CCCNCCN=O. The van der Waals surface area contributed by atoms with Gasteiger partial charge in [0.15, 0.2) is 0 Å². The summed E-state index contributed by atoms with van der Waals surface area (Å²) in [5, 5.41) is 13.6. The summed E-state index contributed by atoms with van der Waals surface area (Å²) in [6, 6.07) is 1.97. The summed E-state index contributed by atoms with van der Waals surface area (Å²) in [5.74, 6) is 0. The van der Waals surface area contributed by atoms with E-state index < -0.39 is 0 Å². The van der Waals surface area contributed by atoms with Crippen LogP contribution in [0.2, 0.25) is 0 Å². The van der Waals surface area contributed by atoms with Crippen molar-refractivity contribution in [3.05, 3.63) is 4.91 Å². The van der Waals surface area contributed by atoms with E-state index in [0.29, 0.717) is 19.5 Å². The van der Waals surface area contributed by atoms with E-state index in [1.165, 1.54) is 0 Å². The molecule has 9 heavy (non-hydrogen) atoms. The Kier molecular flexibility index (Phi) is 6.31. The maximum Gasteiger partial charge on any atom is 0.0935 e. The van der Waals surface area contributed by atoms with Crippen LogP contribution in [0, 0.1) is 16.2 Å². The molecule has 0 aliphatic rings. The van der Waals surface area contributed by atoms with E-state index in [4.69, 9.17) is 5.26 Å². The normalized spacial score (nSPS) is 8.33. The average Bonchev–Trinajstić information content (AvgIpc) is 1.89. The molecule has 0 aliphatic heterocycles. The minimum Gasteiger partial charge on any atom is -0.314 e. The Balaban J connectivity index is 2.76. The first-order chi connectivity index (χ1) is 4.41. The summed E-state index contributed by atoms with van der Waals surface area (Å²) in [5.41, 5.74) is 0. The molecule has 0 heterocycles. The van der Waals surface area contributed by atoms with Gasteiger partial charge in [0, 0.05) is 19.5 Å². The Morgan fingerprint density at radius 2 is 2.33 bits per heavy atom. The molecular weight excluding hydrogens is 118 g/mol. The second-order valence-corrected chi connectivity index (χ2v) is 1.51. The second kappa shape index (κ2) is 7.05. The molecule has 50 valence electrons. The highest BCUT2D eigenvalue weighted by Gasteiger charge is 1.83. The van der Waals surface area contributed by atoms with E-state index in [0.717, 1.165) is 0 Å². The molecule has 0 aromatic carbocycles. The smallest absolute Gasteiger partial charge is 0.0935 e. The first-order valence-corrected chi connectivity index (χ1v) is 2.78. The second-order valence-electron chi connectivity index (χ2n) is 1.51. The van der Waals surface area contributed by atoms with Crippen LogP contribution in [0.15, 0.2) is 5.18 Å². The van der Waals surface area contributed by atoms with Crippen LogP contribution in [-0.2, 0) is 0 Å². The molecule has 0 aromatic heterocycles. The molecule has 0 saturated carbocycles. The minimum absolute atomic E-state index is 0.283. The fraction of sp³-hybridized carbons (Fsp3) is 0.800. The van der Waals surface area contributed by atoms with Gasteiger partial charge in [0.25, 0.3) is 0 Å². The Bertz CT molecular complexity index is 107. The van der Waals surface area contributed by atoms with E-state index in [1.807, 2.05) is 6.07 Å². The van der Waals surface area contributed by atoms with Gasteiger partial charge in [-0.2, -0.15) is 10.2 Å². The monoisotopic (exact) mass is 127 g/mol. The van der Waals surface area contributed by atoms with E-state index in [1.54, 1.807) is 0 Å². The number of hydrogen-bond donors (Lipinski definition) is 1. The molecule has 0 spiro atoms. The Morgan fingerprint density at radius 1 is 1.56 bits per heavy atom. The molecule has 1 N–H and O–H groups in total. The molecule has 4 heteroatoms. The van der Waals surface area contributed by atoms with Crippen LogP contribution in [0.5, 0.6) is 0 Å². The van der Waals surface area contributed by atoms with Crippen molar-refractivity contribution in [3.8, 4) is 6.07 Å². The van der Waals surface area contributed by atoms with Gasteiger partial charge in [-0.05, 0) is 0 Å². The molecule has 4 nitrogen and oxygen atoms in total. The first-order valence-electron chi connectivity index (χ1n) is 2.78. The zero-order valence-electron chi connectivity index (χ0n) is 5.13. The van der Waals surface area contributed by atoms with Gasteiger partial charge in [0.2, 0.25) is 0 Å². The number of hydrogen-bond acceptors (Lipinski definition) is 4. The average molecular weight is 127 g/mol. The van der Waals surface area contributed by atoms with Crippen LogP contribution in [0.3, 0.4) is 0 Å². The van der Waals surface area contributed by atoms with Crippen molar-refractivity contribution in [3.63, 3.8) is 0 Å². The van der Waals surface area contributed by atoms with Gasteiger partial charge in [-0.3, -0.25) is 0 Å². The van der Waals surface area contributed by atoms with Crippen molar-refractivity contribution < 1.29 is 0 Å². The molecular formula is C5H9N3O. The van der Waals surface area contributed by atoms with Crippen LogP contribution in [-0.4, -0.2) is 19.6 Å². The number of nitroso groups, excluding NO2 is 1. The molecule has 0 amide bonds. The first kappa shape index (κ1) is 8.05. The highest BCUT2D eigenvalue weighted by atomic mass is 16.3. The third-order valence-electron chi connectivity index (χ3n) is 0.793. The summed E-state index contributed by atoms with van der Waals surface area (Å²) in [6.45, 7) is 1.50. The fourth-order valence-electron chi connectivity index (χ4n) is 0.394. The van der Waals surface area contributed by atoms with Crippen molar-refractivity contribution in [2.75, 3.05) is 19.6 Å². The number of nitrogens with one attached hydrogen (secondary N) is 1. The third-order valence-corrected chi connectivity index (χ3v) is 0.793. The quantitative estimate of drug-likeness (QED) is 0.425. The van der Waals surface area contributed by atoms with Gasteiger partial charge in [0.05, 0.1) is 12.6 Å². The van der Waals surface area contributed by atoms with Crippen LogP contribution in [0.4, 0.5) is 0 Å². The summed E-state index contributed by atoms with van der Waals surface area (Å²) < 4.78 is 0. The predicted octanol–water partition coefficient (Wildman–Crippen LogP) is 0.256. The van der Waals surface area contributed by atoms with Crippen molar-refractivity contribution in [2.24, 2.45) is 5.18 Å². The topological polar surface area (TPSA) is 65.2 Å². The Hall–Kier alpha value is -0.950. The highest BCUT2D eigenvalue weighted by molar-refractivity contribution is 4.69. The van der Waals surface area contributed by atoms with Gasteiger partial charge < -0.3 is 5.32 Å². The number of rotatable bonds is 5. The lowest BCUT2D eigenvalue weighted by molar-refractivity contribution is 0.699. The molecule has 0 atom stereocenters. The largest absolute Gasteiger partial charge is 0.314 e. The molecule has 0 saturated heterocycles. The number of nitrogens with zero attached hydrogens (tertiary/aromatic N) is 2. The van der Waals surface area contributed by atoms with Crippen molar-refractivity contribution in [1.29, 1.82) is 5.26 Å².